The van der Waals surface area contributed by atoms with Gasteiger partial charge in [-0.3, -0.25) is 4.79 Å². The van der Waals surface area contributed by atoms with Gasteiger partial charge >= 0.3 is 5.97 Å². The van der Waals surface area contributed by atoms with Crippen LogP contribution in [0.4, 0.5) is 0 Å². The minimum absolute atomic E-state index is 0.0837. The van der Waals surface area contributed by atoms with Crippen molar-refractivity contribution in [1.29, 1.82) is 0 Å². The van der Waals surface area contributed by atoms with Crippen LogP contribution < -0.4 is 5.32 Å². The van der Waals surface area contributed by atoms with Crippen LogP contribution in [0.2, 0.25) is 0 Å². The van der Waals surface area contributed by atoms with Crippen molar-refractivity contribution in [3.05, 3.63) is 35.4 Å². The van der Waals surface area contributed by atoms with Gasteiger partial charge in [0.05, 0.1) is 6.42 Å². The maximum absolute atomic E-state index is 10.9. The number of likely N-dealkylation sites (N-methyl/N-ethyl adjacent to an activating group) is 1. The van der Waals surface area contributed by atoms with Crippen molar-refractivity contribution >= 4 is 5.97 Å². The molecule has 0 spiro atoms. The highest BCUT2D eigenvalue weighted by Gasteiger charge is 2.13. The van der Waals surface area contributed by atoms with Crippen LogP contribution in [-0.4, -0.2) is 42.7 Å². The summed E-state index contributed by atoms with van der Waals surface area (Å²) in [5.74, 6) is -0.147. The first-order valence-electron chi connectivity index (χ1n) is 7.55. The van der Waals surface area contributed by atoms with Gasteiger partial charge in [0.1, 0.15) is 0 Å². The Morgan fingerprint density at radius 3 is 2.38 bits per heavy atom. The number of carboxylic acids is 1. The van der Waals surface area contributed by atoms with Crippen LogP contribution in [0.25, 0.3) is 0 Å². The molecule has 0 saturated carbocycles. The molecule has 0 heterocycles. The van der Waals surface area contributed by atoms with Crippen molar-refractivity contribution in [3.63, 3.8) is 0 Å². The Hall–Kier alpha value is -1.39. The number of carbonyl (C=O) groups is 1. The van der Waals surface area contributed by atoms with E-state index in [4.69, 9.17) is 5.11 Å². The summed E-state index contributed by atoms with van der Waals surface area (Å²) < 4.78 is 0. The van der Waals surface area contributed by atoms with Gasteiger partial charge in [-0.1, -0.05) is 38.1 Å². The van der Waals surface area contributed by atoms with Gasteiger partial charge in [0.2, 0.25) is 0 Å². The van der Waals surface area contributed by atoms with E-state index in [-0.39, 0.29) is 6.42 Å². The lowest BCUT2D eigenvalue weighted by atomic mass is 10.0. The van der Waals surface area contributed by atoms with Crippen molar-refractivity contribution in [1.82, 2.24) is 10.2 Å². The third-order valence-electron chi connectivity index (χ3n) is 3.38. The highest BCUT2D eigenvalue weighted by Crippen LogP contribution is 2.12. The van der Waals surface area contributed by atoms with Gasteiger partial charge in [-0.2, -0.15) is 0 Å². The van der Waals surface area contributed by atoms with E-state index in [1.165, 1.54) is 0 Å². The predicted octanol–water partition coefficient (Wildman–Crippen LogP) is 2.38. The smallest absolute Gasteiger partial charge is 0.307 e. The Bertz CT molecular complexity index is 434. The zero-order valence-corrected chi connectivity index (χ0v) is 13.6. The summed E-state index contributed by atoms with van der Waals surface area (Å²) in [6, 6.07) is 8.18. The van der Waals surface area contributed by atoms with Crippen molar-refractivity contribution in [2.75, 3.05) is 20.6 Å². The zero-order chi connectivity index (χ0) is 15.8. The molecule has 1 unspecified atom stereocenters. The Balaban J connectivity index is 2.68. The number of hydrogen-bond acceptors (Lipinski definition) is 3. The lowest BCUT2D eigenvalue weighted by Gasteiger charge is -2.24. The first-order valence-corrected chi connectivity index (χ1v) is 7.55. The molecule has 4 heteroatoms. The van der Waals surface area contributed by atoms with E-state index < -0.39 is 5.97 Å². The quantitative estimate of drug-likeness (QED) is 0.734. The normalized spacial score (nSPS) is 12.9. The molecule has 1 atom stereocenters. The molecule has 4 nitrogen and oxygen atoms in total. The summed E-state index contributed by atoms with van der Waals surface area (Å²) in [5, 5.41) is 12.6. The molecular weight excluding hydrogens is 264 g/mol. The number of carboxylic acid groups (broad SMARTS) is 1. The van der Waals surface area contributed by atoms with Gasteiger partial charge in [-0.25, -0.2) is 0 Å². The van der Waals surface area contributed by atoms with E-state index in [2.05, 4.69) is 38.2 Å². The molecule has 118 valence electrons. The molecule has 21 heavy (non-hydrogen) atoms. The molecule has 0 fully saturated rings. The molecule has 0 aliphatic heterocycles. The second-order valence-electron chi connectivity index (χ2n) is 6.31. The summed E-state index contributed by atoms with van der Waals surface area (Å²) >= 11 is 0. The number of hydrogen-bond donors (Lipinski definition) is 2. The molecule has 0 radical (unpaired) electrons. The summed E-state index contributed by atoms with van der Waals surface area (Å²) in [5.41, 5.74) is 1.97. The minimum atomic E-state index is -0.783. The Morgan fingerprint density at radius 1 is 1.24 bits per heavy atom. The van der Waals surface area contributed by atoms with Crippen LogP contribution >= 0.6 is 0 Å². The molecule has 0 bridgehead atoms. The summed E-state index contributed by atoms with van der Waals surface area (Å²) in [7, 11) is 4.15. The number of nitrogens with zero attached hydrogens (tertiary/aromatic N) is 1. The van der Waals surface area contributed by atoms with Crippen molar-refractivity contribution < 1.29 is 9.90 Å². The van der Waals surface area contributed by atoms with Crippen molar-refractivity contribution in [2.24, 2.45) is 5.92 Å². The Kier molecular flexibility index (Phi) is 7.40. The molecule has 0 saturated heterocycles. The van der Waals surface area contributed by atoms with Gasteiger partial charge in [-0.05, 0) is 37.6 Å². The zero-order valence-electron chi connectivity index (χ0n) is 13.6. The molecule has 1 rings (SSSR count). The number of benzene rings is 1. The monoisotopic (exact) mass is 292 g/mol. The van der Waals surface area contributed by atoms with Crippen LogP contribution in [0, 0.1) is 5.92 Å². The van der Waals surface area contributed by atoms with Gasteiger partial charge < -0.3 is 15.3 Å². The van der Waals surface area contributed by atoms with Crippen molar-refractivity contribution in [3.8, 4) is 0 Å². The minimum Gasteiger partial charge on any atom is -0.481 e. The fraction of sp³-hybridized carbons (Fsp3) is 0.588. The third-order valence-corrected chi connectivity index (χ3v) is 3.38. The maximum Gasteiger partial charge on any atom is 0.307 e. The van der Waals surface area contributed by atoms with E-state index in [1.54, 1.807) is 0 Å². The largest absolute Gasteiger partial charge is 0.481 e. The average Bonchev–Trinajstić information content (AvgIpc) is 2.35. The fourth-order valence-electron chi connectivity index (χ4n) is 2.55. The number of nitrogens with one attached hydrogen (secondary N) is 1. The van der Waals surface area contributed by atoms with Crippen LogP contribution in [-0.2, 0) is 17.8 Å². The molecule has 2 N–H and O–H groups in total. The predicted molar refractivity (Wildman–Crippen MR) is 86.4 cm³/mol. The van der Waals surface area contributed by atoms with E-state index in [0.717, 1.165) is 24.1 Å². The van der Waals surface area contributed by atoms with Gasteiger partial charge in [0, 0.05) is 19.1 Å². The second kappa shape index (κ2) is 8.80. The molecule has 0 aliphatic carbocycles. The van der Waals surface area contributed by atoms with Crippen LogP contribution in [0.1, 0.15) is 31.4 Å². The maximum atomic E-state index is 10.9. The molecule has 0 aromatic heterocycles. The first kappa shape index (κ1) is 17.7. The van der Waals surface area contributed by atoms with E-state index in [9.17, 15) is 4.79 Å². The standard InChI is InChI=1S/C17H28N2O2/c1-13(2)9-16(12-19(3)4)18-11-15-8-6-5-7-14(15)10-17(20)21/h5-8,13,16,18H,9-12H2,1-4H3,(H,20,21). The summed E-state index contributed by atoms with van der Waals surface area (Å²) in [4.78, 5) is 13.1. The lowest BCUT2D eigenvalue weighted by Crippen LogP contribution is -2.39. The Labute approximate surface area is 128 Å². The van der Waals surface area contributed by atoms with Gasteiger partial charge in [-0.15, -0.1) is 0 Å². The Morgan fingerprint density at radius 2 is 1.86 bits per heavy atom. The van der Waals surface area contributed by atoms with Gasteiger partial charge in [0.25, 0.3) is 0 Å². The third kappa shape index (κ3) is 7.25. The van der Waals surface area contributed by atoms with Gasteiger partial charge in [0.15, 0.2) is 0 Å². The van der Waals surface area contributed by atoms with Crippen LogP contribution in [0.5, 0.6) is 0 Å². The summed E-state index contributed by atoms with van der Waals surface area (Å²) in [6.07, 6.45) is 1.19. The molecule has 1 aromatic rings. The molecule has 1 aromatic carbocycles. The first-order chi connectivity index (χ1) is 9.88. The van der Waals surface area contributed by atoms with E-state index in [0.29, 0.717) is 18.5 Å². The molecule has 0 amide bonds. The number of aliphatic carboxylic acids is 1. The van der Waals surface area contributed by atoms with E-state index >= 15 is 0 Å². The highest BCUT2D eigenvalue weighted by molar-refractivity contribution is 5.70. The van der Waals surface area contributed by atoms with Crippen LogP contribution in [0.3, 0.4) is 0 Å². The van der Waals surface area contributed by atoms with E-state index in [1.807, 2.05) is 24.3 Å². The van der Waals surface area contributed by atoms with Crippen molar-refractivity contribution in [2.45, 2.75) is 39.3 Å². The SMILES string of the molecule is CC(C)CC(CN(C)C)NCc1ccccc1CC(=O)O. The number of rotatable bonds is 9. The topological polar surface area (TPSA) is 52.6 Å². The fourth-order valence-corrected chi connectivity index (χ4v) is 2.55. The lowest BCUT2D eigenvalue weighted by molar-refractivity contribution is -0.136. The summed E-state index contributed by atoms with van der Waals surface area (Å²) in [6.45, 7) is 6.15. The van der Waals surface area contributed by atoms with Crippen LogP contribution in [0.15, 0.2) is 24.3 Å². The average molecular weight is 292 g/mol. The highest BCUT2D eigenvalue weighted by atomic mass is 16.4. The second-order valence-corrected chi connectivity index (χ2v) is 6.31. The molecular formula is C17H28N2O2. The molecule has 0 aliphatic rings.